The Morgan fingerprint density at radius 1 is 1.24 bits per heavy atom. The molecule has 0 saturated carbocycles. The zero-order valence-corrected chi connectivity index (χ0v) is 15.2. The standard InChI is InChI=1S/C17H13Cl2N3O2S/c18-11-4-5-13(19)12(9-11)14-10-25-17(20-14)21-15(23)6-8-22-7-2-1-3-16(22)24/h1-5,7,9-10H,6,8H2,(H,20,21,23). The van der Waals surface area contributed by atoms with Crippen molar-refractivity contribution < 1.29 is 4.79 Å². The zero-order valence-electron chi connectivity index (χ0n) is 12.9. The van der Waals surface area contributed by atoms with Gasteiger partial charge in [-0.1, -0.05) is 29.3 Å². The Labute approximate surface area is 157 Å². The Balaban J connectivity index is 1.65. The van der Waals surface area contributed by atoms with Crippen molar-refractivity contribution in [3.05, 3.63) is 68.4 Å². The summed E-state index contributed by atoms with van der Waals surface area (Å²) in [7, 11) is 0. The van der Waals surface area contributed by atoms with Gasteiger partial charge in [-0.3, -0.25) is 9.59 Å². The van der Waals surface area contributed by atoms with Crippen LogP contribution in [0.1, 0.15) is 6.42 Å². The number of rotatable bonds is 5. The summed E-state index contributed by atoms with van der Waals surface area (Å²) >= 11 is 13.5. The molecule has 0 aliphatic heterocycles. The van der Waals surface area contributed by atoms with Crippen LogP contribution in [0.4, 0.5) is 5.13 Å². The van der Waals surface area contributed by atoms with E-state index in [1.807, 2.05) is 0 Å². The predicted molar refractivity (Wildman–Crippen MR) is 102 cm³/mol. The molecule has 1 amide bonds. The topological polar surface area (TPSA) is 64.0 Å². The van der Waals surface area contributed by atoms with E-state index in [0.717, 1.165) is 0 Å². The highest BCUT2D eigenvalue weighted by atomic mass is 35.5. The van der Waals surface area contributed by atoms with Crippen LogP contribution in [0.2, 0.25) is 10.0 Å². The number of hydrogen-bond donors (Lipinski definition) is 1. The van der Waals surface area contributed by atoms with Gasteiger partial charge in [0.05, 0.1) is 10.7 Å². The van der Waals surface area contributed by atoms with Gasteiger partial charge in [-0.05, 0) is 24.3 Å². The van der Waals surface area contributed by atoms with Crippen LogP contribution < -0.4 is 10.9 Å². The number of halogens is 2. The molecule has 3 aromatic rings. The zero-order chi connectivity index (χ0) is 17.8. The fourth-order valence-electron chi connectivity index (χ4n) is 2.20. The first-order chi connectivity index (χ1) is 12.0. The Bertz CT molecular complexity index is 968. The van der Waals surface area contributed by atoms with Gasteiger partial charge >= 0.3 is 0 Å². The Hall–Kier alpha value is -2.15. The van der Waals surface area contributed by atoms with E-state index in [1.54, 1.807) is 41.9 Å². The minimum atomic E-state index is -0.214. The van der Waals surface area contributed by atoms with Gasteiger partial charge in [0.15, 0.2) is 5.13 Å². The molecule has 1 aromatic carbocycles. The van der Waals surface area contributed by atoms with Crippen molar-refractivity contribution in [3.8, 4) is 11.3 Å². The number of thiazole rings is 1. The Morgan fingerprint density at radius 3 is 2.88 bits per heavy atom. The largest absolute Gasteiger partial charge is 0.315 e. The smallest absolute Gasteiger partial charge is 0.250 e. The van der Waals surface area contributed by atoms with E-state index in [2.05, 4.69) is 10.3 Å². The molecule has 0 saturated heterocycles. The summed E-state index contributed by atoms with van der Waals surface area (Å²) in [6.07, 6.45) is 1.83. The van der Waals surface area contributed by atoms with Crippen LogP contribution in [-0.2, 0) is 11.3 Å². The summed E-state index contributed by atoms with van der Waals surface area (Å²) < 4.78 is 1.48. The lowest BCUT2D eigenvalue weighted by molar-refractivity contribution is -0.116. The first kappa shape index (κ1) is 17.7. The number of amides is 1. The number of nitrogens with zero attached hydrogens (tertiary/aromatic N) is 2. The third-order valence-electron chi connectivity index (χ3n) is 3.43. The molecule has 0 aliphatic rings. The first-order valence-corrected chi connectivity index (χ1v) is 9.03. The minimum absolute atomic E-state index is 0.137. The third-order valence-corrected chi connectivity index (χ3v) is 4.76. The summed E-state index contributed by atoms with van der Waals surface area (Å²) in [6, 6.07) is 10.0. The average molecular weight is 394 g/mol. The molecule has 0 aliphatic carbocycles. The molecule has 0 bridgehead atoms. The fourth-order valence-corrected chi connectivity index (χ4v) is 3.31. The van der Waals surface area contributed by atoms with Crippen molar-refractivity contribution >= 4 is 45.6 Å². The monoisotopic (exact) mass is 393 g/mol. The predicted octanol–water partition coefficient (Wildman–Crippen LogP) is 4.31. The molecule has 128 valence electrons. The summed E-state index contributed by atoms with van der Waals surface area (Å²) in [5, 5.41) is 6.10. The fraction of sp³-hybridized carbons (Fsp3) is 0.118. The van der Waals surface area contributed by atoms with E-state index in [9.17, 15) is 9.59 Å². The van der Waals surface area contributed by atoms with Gasteiger partial charge in [0, 0.05) is 41.2 Å². The molecule has 0 fully saturated rings. The van der Waals surface area contributed by atoms with E-state index in [-0.39, 0.29) is 17.9 Å². The number of aryl methyl sites for hydroxylation is 1. The lowest BCUT2D eigenvalue weighted by Crippen LogP contribution is -2.21. The van der Waals surface area contributed by atoms with E-state index < -0.39 is 0 Å². The average Bonchev–Trinajstić information content (AvgIpc) is 3.04. The number of pyridine rings is 1. The van der Waals surface area contributed by atoms with E-state index in [0.29, 0.717) is 33.0 Å². The number of aromatic nitrogens is 2. The minimum Gasteiger partial charge on any atom is -0.315 e. The van der Waals surface area contributed by atoms with Crippen LogP contribution in [0.25, 0.3) is 11.3 Å². The second-order valence-corrected chi connectivity index (χ2v) is 6.89. The molecule has 3 rings (SSSR count). The second-order valence-electron chi connectivity index (χ2n) is 5.19. The highest BCUT2D eigenvalue weighted by Gasteiger charge is 2.11. The maximum atomic E-state index is 12.1. The molecular weight excluding hydrogens is 381 g/mol. The number of carbonyl (C=O) groups is 1. The molecular formula is C17H13Cl2N3O2S. The van der Waals surface area contributed by atoms with Crippen LogP contribution in [0.5, 0.6) is 0 Å². The quantitative estimate of drug-likeness (QED) is 0.702. The van der Waals surface area contributed by atoms with Gasteiger partial charge < -0.3 is 9.88 Å². The van der Waals surface area contributed by atoms with Gasteiger partial charge in [-0.2, -0.15) is 0 Å². The molecule has 25 heavy (non-hydrogen) atoms. The second kappa shape index (κ2) is 7.82. The molecule has 8 heteroatoms. The van der Waals surface area contributed by atoms with Crippen molar-refractivity contribution in [1.82, 2.24) is 9.55 Å². The number of benzene rings is 1. The molecule has 2 heterocycles. The van der Waals surface area contributed by atoms with Crippen LogP contribution in [0, 0.1) is 0 Å². The highest BCUT2D eigenvalue weighted by molar-refractivity contribution is 7.14. The van der Waals surface area contributed by atoms with Crippen LogP contribution in [-0.4, -0.2) is 15.5 Å². The highest BCUT2D eigenvalue weighted by Crippen LogP contribution is 2.32. The number of hydrogen-bond acceptors (Lipinski definition) is 4. The maximum absolute atomic E-state index is 12.1. The normalized spacial score (nSPS) is 10.6. The summed E-state index contributed by atoms with van der Waals surface area (Å²) in [5.74, 6) is -0.214. The number of nitrogens with one attached hydrogen (secondary N) is 1. The summed E-state index contributed by atoms with van der Waals surface area (Å²) in [6.45, 7) is 0.309. The van der Waals surface area contributed by atoms with Gasteiger partial charge in [0.2, 0.25) is 5.91 Å². The van der Waals surface area contributed by atoms with Gasteiger partial charge in [-0.15, -0.1) is 11.3 Å². The van der Waals surface area contributed by atoms with Crippen molar-refractivity contribution in [3.63, 3.8) is 0 Å². The molecule has 0 atom stereocenters. The molecule has 1 N–H and O–H groups in total. The Morgan fingerprint density at radius 2 is 2.08 bits per heavy atom. The van der Waals surface area contributed by atoms with Crippen molar-refractivity contribution in [2.24, 2.45) is 0 Å². The molecule has 0 radical (unpaired) electrons. The number of anilines is 1. The van der Waals surface area contributed by atoms with Crippen molar-refractivity contribution in [2.45, 2.75) is 13.0 Å². The summed E-state index contributed by atoms with van der Waals surface area (Å²) in [4.78, 5) is 28.0. The molecule has 2 aromatic heterocycles. The van der Waals surface area contributed by atoms with Gasteiger partial charge in [0.25, 0.3) is 5.56 Å². The molecule has 0 spiro atoms. The lowest BCUT2D eigenvalue weighted by atomic mass is 10.2. The van der Waals surface area contributed by atoms with E-state index in [1.165, 1.54) is 22.0 Å². The Kier molecular flexibility index (Phi) is 5.53. The summed E-state index contributed by atoms with van der Waals surface area (Å²) in [5.41, 5.74) is 1.22. The number of carbonyl (C=O) groups excluding carboxylic acids is 1. The van der Waals surface area contributed by atoms with Gasteiger partial charge in [-0.25, -0.2) is 4.98 Å². The van der Waals surface area contributed by atoms with Gasteiger partial charge in [0.1, 0.15) is 0 Å². The van der Waals surface area contributed by atoms with Crippen LogP contribution in [0.15, 0.2) is 52.8 Å². The van der Waals surface area contributed by atoms with Crippen LogP contribution in [0.3, 0.4) is 0 Å². The lowest BCUT2D eigenvalue weighted by Gasteiger charge is -2.05. The first-order valence-electron chi connectivity index (χ1n) is 7.39. The van der Waals surface area contributed by atoms with Crippen molar-refractivity contribution in [2.75, 3.05) is 5.32 Å². The van der Waals surface area contributed by atoms with Crippen LogP contribution >= 0.6 is 34.5 Å². The third kappa shape index (κ3) is 4.48. The van der Waals surface area contributed by atoms with E-state index in [4.69, 9.17) is 23.2 Å². The SMILES string of the molecule is O=C(CCn1ccccc1=O)Nc1nc(-c2cc(Cl)ccc2Cl)cs1. The molecule has 5 nitrogen and oxygen atoms in total. The van der Waals surface area contributed by atoms with E-state index >= 15 is 0 Å². The maximum Gasteiger partial charge on any atom is 0.250 e. The van der Waals surface area contributed by atoms with Crippen molar-refractivity contribution in [1.29, 1.82) is 0 Å². The molecule has 0 unspecified atom stereocenters.